The van der Waals surface area contributed by atoms with Gasteiger partial charge in [0.25, 0.3) is 0 Å². The zero-order valence-corrected chi connectivity index (χ0v) is 19.2. The molecule has 172 valence electrons. The number of aliphatic hydroxyl groups is 1. The number of fused-ring (bicyclic) bond motifs is 5. The summed E-state index contributed by atoms with van der Waals surface area (Å²) in [7, 11) is 0. The number of Topliss-reactive ketones (excluding diaryl/α,β-unsaturated/α-hetero) is 2. The normalized spacial score (nSPS) is 42.1. The monoisotopic (exact) mass is 440 g/mol. The minimum absolute atomic E-state index is 0.00116. The highest BCUT2D eigenvalue weighted by Gasteiger charge is 2.72. The minimum atomic E-state index is -1.53. The fraction of sp³-hybridized carbons (Fsp3) is 0.615. The van der Waals surface area contributed by atoms with Crippen molar-refractivity contribution in [1.82, 2.24) is 0 Å². The van der Waals surface area contributed by atoms with E-state index in [0.29, 0.717) is 12.8 Å². The Morgan fingerprint density at radius 2 is 1.94 bits per heavy atom. The summed E-state index contributed by atoms with van der Waals surface area (Å²) >= 11 is 0. The van der Waals surface area contributed by atoms with Crippen LogP contribution in [0.2, 0.25) is 0 Å². The minimum Gasteiger partial charge on any atom is -0.450 e. The second-order valence-corrected chi connectivity index (χ2v) is 10.4. The van der Waals surface area contributed by atoms with Crippen LogP contribution in [0.4, 0.5) is 0 Å². The number of rotatable bonds is 5. The van der Waals surface area contributed by atoms with Gasteiger partial charge in [0.1, 0.15) is 12.4 Å². The lowest BCUT2D eigenvalue weighted by molar-refractivity contribution is -0.195. The molecule has 4 aliphatic carbocycles. The molecule has 2 saturated carbocycles. The first kappa shape index (κ1) is 22.8. The van der Waals surface area contributed by atoms with Gasteiger partial charge in [0.05, 0.1) is 0 Å². The summed E-state index contributed by atoms with van der Waals surface area (Å²) in [6, 6.07) is 0. The third-order valence-electron chi connectivity index (χ3n) is 8.65. The predicted octanol–water partition coefficient (Wildman–Crippen LogP) is 3.14. The van der Waals surface area contributed by atoms with Crippen LogP contribution in [0.15, 0.2) is 36.0 Å². The van der Waals surface area contributed by atoms with Crippen molar-refractivity contribution in [3.8, 4) is 0 Å². The number of carbonyl (C=O) groups is 4. The van der Waals surface area contributed by atoms with Crippen molar-refractivity contribution >= 4 is 23.3 Å². The SMILES string of the molecule is CCCC(=O)O[C@@]1(C(=O)CO)[C@H](C)C[C@H]2[C@@H]3C=CC4=CC(=O)C=C[C@]4(C)[C@H]3C(=O)C[C@@]21C. The highest BCUT2D eigenvalue weighted by atomic mass is 16.6. The largest absolute Gasteiger partial charge is 0.450 e. The number of ketones is 3. The van der Waals surface area contributed by atoms with Crippen LogP contribution in [-0.4, -0.2) is 40.6 Å². The van der Waals surface area contributed by atoms with Crippen molar-refractivity contribution in [2.24, 2.45) is 34.5 Å². The molecule has 0 radical (unpaired) electrons. The van der Waals surface area contributed by atoms with Gasteiger partial charge in [0.2, 0.25) is 5.78 Å². The van der Waals surface area contributed by atoms with E-state index in [0.717, 1.165) is 5.57 Å². The van der Waals surface area contributed by atoms with Gasteiger partial charge in [-0.2, -0.15) is 0 Å². The quantitative estimate of drug-likeness (QED) is 0.660. The average Bonchev–Trinajstić information content (AvgIpc) is 2.95. The standard InChI is InChI=1S/C26H32O6/c1-5-6-22(31)32-26(21(30)14-27)15(2)11-19-18-8-7-16-12-17(28)9-10-24(16,3)23(18)20(29)13-25(19,26)4/h7-10,12,15,18-19,23,27H,5-6,11,13-14H2,1-4H3/t15-,18+,19+,23-,24+,25+,26-/m1/s1. The van der Waals surface area contributed by atoms with Gasteiger partial charge in [-0.05, 0) is 42.4 Å². The molecule has 0 saturated heterocycles. The summed E-state index contributed by atoms with van der Waals surface area (Å²) in [5, 5.41) is 9.86. The molecule has 4 rings (SSSR count). The smallest absolute Gasteiger partial charge is 0.306 e. The van der Waals surface area contributed by atoms with E-state index in [1.54, 1.807) is 6.08 Å². The Labute approximate surface area is 188 Å². The number of hydrogen-bond acceptors (Lipinski definition) is 6. The molecule has 0 heterocycles. The Hall–Kier alpha value is -2.34. The molecule has 32 heavy (non-hydrogen) atoms. The lowest BCUT2D eigenvalue weighted by atomic mass is 9.48. The van der Waals surface area contributed by atoms with Gasteiger partial charge in [0.15, 0.2) is 11.4 Å². The van der Waals surface area contributed by atoms with Crippen molar-refractivity contribution in [1.29, 1.82) is 0 Å². The Kier molecular flexibility index (Phi) is 5.44. The van der Waals surface area contributed by atoms with Crippen molar-refractivity contribution in [2.75, 3.05) is 6.61 Å². The van der Waals surface area contributed by atoms with E-state index in [4.69, 9.17) is 4.74 Å². The van der Waals surface area contributed by atoms with E-state index in [1.807, 2.05) is 45.9 Å². The van der Waals surface area contributed by atoms with Crippen molar-refractivity contribution in [3.63, 3.8) is 0 Å². The fourth-order valence-corrected chi connectivity index (χ4v) is 7.24. The lowest BCUT2D eigenvalue weighted by Crippen LogP contribution is -2.63. The van der Waals surface area contributed by atoms with Crippen molar-refractivity contribution < 1.29 is 29.0 Å². The molecule has 0 spiro atoms. The van der Waals surface area contributed by atoms with E-state index >= 15 is 0 Å². The molecule has 0 bridgehead atoms. The molecular weight excluding hydrogens is 408 g/mol. The third kappa shape index (κ3) is 2.88. The Balaban J connectivity index is 1.83. The van der Waals surface area contributed by atoms with Gasteiger partial charge in [-0.25, -0.2) is 0 Å². The van der Waals surface area contributed by atoms with E-state index in [9.17, 15) is 24.3 Å². The van der Waals surface area contributed by atoms with E-state index < -0.39 is 34.8 Å². The van der Waals surface area contributed by atoms with Crippen LogP contribution in [0, 0.1) is 34.5 Å². The topological polar surface area (TPSA) is 97.7 Å². The van der Waals surface area contributed by atoms with Crippen LogP contribution >= 0.6 is 0 Å². The Bertz CT molecular complexity index is 973. The van der Waals surface area contributed by atoms with E-state index in [2.05, 4.69) is 0 Å². The fourth-order valence-electron chi connectivity index (χ4n) is 7.24. The number of hydrogen-bond donors (Lipinski definition) is 1. The van der Waals surface area contributed by atoms with Crippen LogP contribution in [0.25, 0.3) is 0 Å². The molecule has 2 fully saturated rings. The van der Waals surface area contributed by atoms with Gasteiger partial charge in [-0.3, -0.25) is 19.2 Å². The molecule has 7 atom stereocenters. The third-order valence-corrected chi connectivity index (χ3v) is 8.65. The number of ether oxygens (including phenoxy) is 1. The molecule has 0 amide bonds. The first-order valence-electron chi connectivity index (χ1n) is 11.6. The van der Waals surface area contributed by atoms with Crippen LogP contribution in [0.5, 0.6) is 0 Å². The van der Waals surface area contributed by atoms with Gasteiger partial charge in [-0.1, -0.05) is 45.9 Å². The first-order valence-corrected chi connectivity index (χ1v) is 11.6. The highest BCUT2D eigenvalue weighted by molar-refractivity contribution is 6.02. The summed E-state index contributed by atoms with van der Waals surface area (Å²) in [6.45, 7) is 6.88. The van der Waals surface area contributed by atoms with Crippen molar-refractivity contribution in [2.45, 2.75) is 59.0 Å². The van der Waals surface area contributed by atoms with Crippen molar-refractivity contribution in [3.05, 3.63) is 36.0 Å². The lowest BCUT2D eigenvalue weighted by Gasteiger charge is -2.55. The molecule has 6 nitrogen and oxygen atoms in total. The average molecular weight is 441 g/mol. The molecule has 6 heteroatoms. The molecule has 0 unspecified atom stereocenters. The van der Waals surface area contributed by atoms with Crippen LogP contribution < -0.4 is 0 Å². The molecule has 0 aromatic rings. The summed E-state index contributed by atoms with van der Waals surface area (Å²) in [5.41, 5.74) is -2.19. The number of aliphatic hydroxyl groups excluding tert-OH is 1. The maximum Gasteiger partial charge on any atom is 0.306 e. The Morgan fingerprint density at radius 1 is 1.22 bits per heavy atom. The van der Waals surface area contributed by atoms with Crippen LogP contribution in [0.3, 0.4) is 0 Å². The zero-order chi connectivity index (χ0) is 23.5. The Morgan fingerprint density at radius 3 is 2.59 bits per heavy atom. The van der Waals surface area contributed by atoms with Crippen LogP contribution in [0.1, 0.15) is 53.4 Å². The molecular formula is C26H32O6. The molecule has 0 aromatic heterocycles. The molecule has 4 aliphatic rings. The number of allylic oxidation sites excluding steroid dienone is 6. The summed E-state index contributed by atoms with van der Waals surface area (Å²) in [5.74, 6) is -1.98. The first-order chi connectivity index (χ1) is 15.0. The summed E-state index contributed by atoms with van der Waals surface area (Å²) in [4.78, 5) is 51.5. The molecule has 0 aromatic carbocycles. The second kappa shape index (κ2) is 7.62. The zero-order valence-electron chi connectivity index (χ0n) is 19.2. The van der Waals surface area contributed by atoms with E-state index in [1.165, 1.54) is 6.08 Å². The molecule has 0 aliphatic heterocycles. The number of esters is 1. The second-order valence-electron chi connectivity index (χ2n) is 10.4. The maximum atomic E-state index is 13.7. The van der Waals surface area contributed by atoms with Gasteiger partial charge < -0.3 is 9.84 Å². The van der Waals surface area contributed by atoms with E-state index in [-0.39, 0.29) is 48.1 Å². The summed E-state index contributed by atoms with van der Waals surface area (Å²) < 4.78 is 5.96. The maximum absolute atomic E-state index is 13.7. The van der Waals surface area contributed by atoms with Gasteiger partial charge in [0, 0.05) is 35.5 Å². The number of carbonyl (C=O) groups excluding carboxylic acids is 4. The predicted molar refractivity (Wildman–Crippen MR) is 117 cm³/mol. The summed E-state index contributed by atoms with van der Waals surface area (Å²) in [6.07, 6.45) is 10.4. The van der Waals surface area contributed by atoms with Crippen LogP contribution in [-0.2, 0) is 23.9 Å². The highest BCUT2D eigenvalue weighted by Crippen LogP contribution is 2.67. The molecule has 1 N–H and O–H groups in total. The van der Waals surface area contributed by atoms with Gasteiger partial charge >= 0.3 is 5.97 Å². The van der Waals surface area contributed by atoms with Gasteiger partial charge in [-0.15, -0.1) is 0 Å².